The van der Waals surface area contributed by atoms with Crippen molar-refractivity contribution in [1.29, 1.82) is 5.26 Å². The lowest BCUT2D eigenvalue weighted by atomic mass is 10.1. The molecule has 5 aromatic heterocycles. The molecule has 0 aliphatic heterocycles. The molecule has 0 atom stereocenters. The van der Waals surface area contributed by atoms with Crippen molar-refractivity contribution in [2.24, 2.45) is 0 Å². The molecular weight excluding hydrogens is 667 g/mol. The summed E-state index contributed by atoms with van der Waals surface area (Å²) < 4.78 is 17.1. The van der Waals surface area contributed by atoms with Gasteiger partial charge < -0.3 is 8.83 Å². The number of benzene rings is 7. The van der Waals surface area contributed by atoms with E-state index in [4.69, 9.17) is 18.8 Å². The summed E-state index contributed by atoms with van der Waals surface area (Å²) in [6.45, 7) is 0. The molecule has 0 N–H and O–H groups in total. The fourth-order valence-electron chi connectivity index (χ4n) is 8.55. The van der Waals surface area contributed by atoms with Gasteiger partial charge in [0, 0.05) is 37.9 Å². The first-order valence-corrected chi connectivity index (χ1v) is 17.8. The van der Waals surface area contributed by atoms with Crippen LogP contribution in [0.1, 0.15) is 5.56 Å². The Hall–Kier alpha value is -7.69. The standard InChI is InChI=1S/C47H25N5O2/c48-26-34-46(51-35-18-8-4-14-28(35)30-22-24-39-41(43(30)51)32-16-6-10-20-37(32)53-39)49-45(27-12-2-1-3-13-27)50-47(34)52-36-19-9-5-15-29(36)31-23-25-40-42(44(31)52)33-17-7-11-21-38(33)54-40/h1-25H. The van der Waals surface area contributed by atoms with E-state index in [1.807, 2.05) is 103 Å². The van der Waals surface area contributed by atoms with E-state index in [1.54, 1.807) is 0 Å². The van der Waals surface area contributed by atoms with Crippen LogP contribution in [0.25, 0.3) is 111 Å². The number of fused-ring (bicyclic) bond motifs is 14. The molecule has 0 amide bonds. The fourth-order valence-corrected chi connectivity index (χ4v) is 8.55. The van der Waals surface area contributed by atoms with E-state index in [9.17, 15) is 5.26 Å². The van der Waals surface area contributed by atoms with Crippen molar-refractivity contribution in [3.05, 3.63) is 157 Å². The molecule has 5 heterocycles. The lowest BCUT2D eigenvalue weighted by Gasteiger charge is -2.16. The maximum Gasteiger partial charge on any atom is 0.164 e. The minimum absolute atomic E-state index is 0.342. The molecule has 0 aliphatic rings. The molecule has 250 valence electrons. The van der Waals surface area contributed by atoms with Crippen molar-refractivity contribution >= 4 is 87.5 Å². The fraction of sp³-hybridized carbons (Fsp3) is 0. The lowest BCUT2D eigenvalue weighted by molar-refractivity contribution is 0.669. The summed E-state index contributed by atoms with van der Waals surface area (Å²) in [6.07, 6.45) is 0. The van der Waals surface area contributed by atoms with Crippen molar-refractivity contribution in [2.45, 2.75) is 0 Å². The third kappa shape index (κ3) is 3.78. The Morgan fingerprint density at radius 1 is 0.426 bits per heavy atom. The molecule has 0 spiro atoms. The van der Waals surface area contributed by atoms with Crippen molar-refractivity contribution in [3.63, 3.8) is 0 Å². The van der Waals surface area contributed by atoms with Crippen molar-refractivity contribution in [2.75, 3.05) is 0 Å². The molecule has 0 aliphatic carbocycles. The Balaban J connectivity index is 1.32. The second-order valence-corrected chi connectivity index (χ2v) is 13.6. The molecule has 0 unspecified atom stereocenters. The van der Waals surface area contributed by atoms with Crippen LogP contribution in [0.2, 0.25) is 0 Å². The number of aromatic nitrogens is 4. The number of nitrogens with zero attached hydrogens (tertiary/aromatic N) is 5. The zero-order valence-corrected chi connectivity index (χ0v) is 28.5. The first kappa shape index (κ1) is 28.9. The summed E-state index contributed by atoms with van der Waals surface area (Å²) in [5, 5.41) is 19.5. The van der Waals surface area contributed by atoms with Gasteiger partial charge in [0.1, 0.15) is 34.0 Å². The minimum Gasteiger partial charge on any atom is -0.456 e. The molecule has 0 saturated carbocycles. The van der Waals surface area contributed by atoms with Crippen molar-refractivity contribution < 1.29 is 8.83 Å². The SMILES string of the molecule is N#Cc1c(-n2c3ccccc3c3ccc4oc5ccccc5c4c32)nc(-c2ccccc2)nc1-n1c2ccccc2c2ccc3oc4ccccc4c3c21. The molecule has 7 aromatic carbocycles. The first-order chi connectivity index (χ1) is 26.8. The number of furan rings is 2. The van der Waals surface area contributed by atoms with Crippen LogP contribution < -0.4 is 0 Å². The average molecular weight is 692 g/mol. The normalized spacial score (nSPS) is 12.1. The monoisotopic (exact) mass is 691 g/mol. The van der Waals surface area contributed by atoms with Gasteiger partial charge in [-0.2, -0.15) is 5.26 Å². The smallest absolute Gasteiger partial charge is 0.164 e. The predicted octanol–water partition coefficient (Wildman–Crippen LogP) is 12.0. The number of nitriles is 1. The van der Waals surface area contributed by atoms with Gasteiger partial charge in [0.15, 0.2) is 17.5 Å². The Morgan fingerprint density at radius 2 is 0.870 bits per heavy atom. The topological polar surface area (TPSA) is 85.7 Å². The van der Waals surface area contributed by atoms with Crippen LogP contribution in [-0.4, -0.2) is 19.1 Å². The largest absolute Gasteiger partial charge is 0.456 e. The average Bonchev–Trinajstić information content (AvgIpc) is 3.98. The molecule has 12 rings (SSSR count). The van der Waals surface area contributed by atoms with Gasteiger partial charge in [0.25, 0.3) is 0 Å². The van der Waals surface area contributed by atoms with E-state index in [2.05, 4.69) is 63.7 Å². The summed E-state index contributed by atoms with van der Waals surface area (Å²) in [4.78, 5) is 10.7. The summed E-state index contributed by atoms with van der Waals surface area (Å²) in [6, 6.07) is 53.7. The van der Waals surface area contributed by atoms with Crippen LogP contribution in [0.5, 0.6) is 0 Å². The van der Waals surface area contributed by atoms with Crippen molar-refractivity contribution in [3.8, 4) is 29.1 Å². The highest BCUT2D eigenvalue weighted by Gasteiger charge is 2.27. The Labute approximate surface area is 306 Å². The van der Waals surface area contributed by atoms with Gasteiger partial charge in [-0.25, -0.2) is 9.97 Å². The predicted molar refractivity (Wildman–Crippen MR) is 215 cm³/mol. The molecule has 0 radical (unpaired) electrons. The van der Waals surface area contributed by atoms with Gasteiger partial charge in [0.05, 0.1) is 32.8 Å². The van der Waals surface area contributed by atoms with Crippen LogP contribution in [0.15, 0.2) is 160 Å². The number of hydrogen-bond acceptors (Lipinski definition) is 5. The molecule has 0 bridgehead atoms. The van der Waals surface area contributed by atoms with E-state index in [1.165, 1.54) is 0 Å². The highest BCUT2D eigenvalue weighted by molar-refractivity contribution is 6.26. The summed E-state index contributed by atoms with van der Waals surface area (Å²) in [7, 11) is 0. The van der Waals surface area contributed by atoms with E-state index in [-0.39, 0.29) is 0 Å². The molecular formula is C47H25N5O2. The van der Waals surface area contributed by atoms with Gasteiger partial charge in [-0.3, -0.25) is 9.13 Å². The molecule has 0 saturated heterocycles. The quantitative estimate of drug-likeness (QED) is 0.184. The number of rotatable bonds is 3. The Kier molecular flexibility index (Phi) is 5.72. The Bertz CT molecular complexity index is 3370. The van der Waals surface area contributed by atoms with Crippen molar-refractivity contribution in [1.82, 2.24) is 19.1 Å². The van der Waals surface area contributed by atoms with Gasteiger partial charge in [-0.1, -0.05) is 103 Å². The van der Waals surface area contributed by atoms with Gasteiger partial charge in [-0.15, -0.1) is 0 Å². The molecule has 7 heteroatoms. The maximum atomic E-state index is 11.4. The van der Waals surface area contributed by atoms with Crippen LogP contribution >= 0.6 is 0 Å². The number of hydrogen-bond donors (Lipinski definition) is 0. The minimum atomic E-state index is 0.342. The first-order valence-electron chi connectivity index (χ1n) is 17.8. The van der Waals surface area contributed by atoms with Crippen LogP contribution in [-0.2, 0) is 0 Å². The molecule has 54 heavy (non-hydrogen) atoms. The number of para-hydroxylation sites is 4. The van der Waals surface area contributed by atoms with Crippen LogP contribution in [0.4, 0.5) is 0 Å². The van der Waals surface area contributed by atoms with Crippen LogP contribution in [0, 0.1) is 11.3 Å². The van der Waals surface area contributed by atoms with E-state index >= 15 is 0 Å². The third-order valence-corrected chi connectivity index (χ3v) is 10.8. The zero-order chi connectivity index (χ0) is 35.5. The maximum absolute atomic E-state index is 11.4. The highest BCUT2D eigenvalue weighted by Crippen LogP contribution is 2.44. The Morgan fingerprint density at radius 3 is 1.37 bits per heavy atom. The van der Waals surface area contributed by atoms with Gasteiger partial charge >= 0.3 is 0 Å². The zero-order valence-electron chi connectivity index (χ0n) is 28.5. The highest BCUT2D eigenvalue weighted by atomic mass is 16.3. The van der Waals surface area contributed by atoms with Gasteiger partial charge in [-0.05, 0) is 48.5 Å². The summed E-state index contributed by atoms with van der Waals surface area (Å²) in [5.41, 5.74) is 8.00. The summed E-state index contributed by atoms with van der Waals surface area (Å²) in [5.74, 6) is 1.48. The van der Waals surface area contributed by atoms with Crippen LogP contribution in [0.3, 0.4) is 0 Å². The summed E-state index contributed by atoms with van der Waals surface area (Å²) >= 11 is 0. The van der Waals surface area contributed by atoms with E-state index in [0.717, 1.165) is 93.1 Å². The third-order valence-electron chi connectivity index (χ3n) is 10.8. The second kappa shape index (κ2) is 10.7. The second-order valence-electron chi connectivity index (χ2n) is 13.6. The lowest BCUT2D eigenvalue weighted by Crippen LogP contribution is -2.11. The molecule has 12 aromatic rings. The molecule has 0 fully saturated rings. The van der Waals surface area contributed by atoms with E-state index < -0.39 is 0 Å². The van der Waals surface area contributed by atoms with E-state index in [0.29, 0.717) is 23.0 Å². The molecule has 7 nitrogen and oxygen atoms in total. The van der Waals surface area contributed by atoms with Gasteiger partial charge in [0.2, 0.25) is 0 Å².